The van der Waals surface area contributed by atoms with Crippen LogP contribution >= 0.6 is 0 Å². The Balaban J connectivity index is 1.70. The van der Waals surface area contributed by atoms with E-state index in [0.717, 1.165) is 6.42 Å². The Morgan fingerprint density at radius 1 is 0.739 bits per heavy atom. The lowest BCUT2D eigenvalue weighted by molar-refractivity contribution is 0.722. The Morgan fingerprint density at radius 3 is 1.87 bits per heavy atom. The van der Waals surface area contributed by atoms with Crippen molar-refractivity contribution in [2.45, 2.75) is 24.9 Å². The lowest BCUT2D eigenvalue weighted by Gasteiger charge is -2.13. The Bertz CT molecular complexity index is 767. The molecule has 0 aromatic heterocycles. The number of hydrogen-bond donors (Lipinski definition) is 0. The fourth-order valence-electron chi connectivity index (χ4n) is 3.73. The second-order valence-electron chi connectivity index (χ2n) is 6.42. The maximum Gasteiger partial charge on any atom is 0.0836 e. The molecule has 0 radical (unpaired) electrons. The summed E-state index contributed by atoms with van der Waals surface area (Å²) in [7, 11) is 0. The number of nitrogens with zero attached hydrogens (tertiary/aromatic N) is 1. The summed E-state index contributed by atoms with van der Waals surface area (Å²) in [5.74, 6) is 0. The quantitative estimate of drug-likeness (QED) is 0.610. The van der Waals surface area contributed by atoms with Crippen molar-refractivity contribution in [1.29, 1.82) is 0 Å². The monoisotopic (exact) mass is 299 g/mol. The predicted molar refractivity (Wildman–Crippen MR) is 96.6 cm³/mol. The van der Waals surface area contributed by atoms with Crippen LogP contribution in [0.3, 0.4) is 0 Å². The van der Waals surface area contributed by atoms with Crippen LogP contribution in [0.4, 0.5) is 5.69 Å². The van der Waals surface area contributed by atoms with Gasteiger partial charge in [0, 0.05) is 5.69 Å². The third kappa shape index (κ3) is 2.43. The van der Waals surface area contributed by atoms with Gasteiger partial charge in [-0.25, -0.2) is 0 Å². The molecule has 3 aromatic carbocycles. The minimum Gasteiger partial charge on any atom is -0.354 e. The summed E-state index contributed by atoms with van der Waals surface area (Å²) in [6, 6.07) is 32.9. The largest absolute Gasteiger partial charge is 0.354 e. The first-order valence-corrected chi connectivity index (χ1v) is 8.24. The van der Waals surface area contributed by atoms with E-state index in [-0.39, 0.29) is 5.54 Å². The Hall–Kier alpha value is -2.54. The summed E-state index contributed by atoms with van der Waals surface area (Å²) >= 11 is 0. The molecule has 23 heavy (non-hydrogen) atoms. The molecule has 1 saturated heterocycles. The normalized spacial score (nSPS) is 22.8. The fourth-order valence-corrected chi connectivity index (χ4v) is 3.73. The molecule has 114 valence electrons. The Kier molecular flexibility index (Phi) is 3.42. The van der Waals surface area contributed by atoms with Crippen molar-refractivity contribution in [3.05, 3.63) is 102 Å². The van der Waals surface area contributed by atoms with Crippen molar-refractivity contribution in [3.8, 4) is 0 Å². The first-order valence-electron chi connectivity index (χ1n) is 8.24. The van der Waals surface area contributed by atoms with Crippen molar-refractivity contribution in [2.24, 2.45) is 0 Å². The van der Waals surface area contributed by atoms with Crippen molar-refractivity contribution < 1.29 is 0 Å². The van der Waals surface area contributed by atoms with E-state index < -0.39 is 0 Å². The molecule has 3 aromatic rings. The lowest BCUT2D eigenvalue weighted by Crippen LogP contribution is -2.11. The first kappa shape index (κ1) is 14.1. The number of anilines is 1. The highest BCUT2D eigenvalue weighted by molar-refractivity contribution is 5.63. The zero-order valence-corrected chi connectivity index (χ0v) is 13.4. The van der Waals surface area contributed by atoms with Crippen LogP contribution in [0.1, 0.15) is 18.1 Å². The van der Waals surface area contributed by atoms with E-state index in [1.54, 1.807) is 0 Å². The molecule has 0 aliphatic carbocycles. The highest BCUT2D eigenvalue weighted by Gasteiger charge is 2.59. The van der Waals surface area contributed by atoms with E-state index in [9.17, 15) is 0 Å². The maximum absolute atomic E-state index is 2.55. The number of para-hydroxylation sites is 1. The number of benzene rings is 3. The summed E-state index contributed by atoms with van der Waals surface area (Å²) in [4.78, 5) is 2.55. The molecule has 1 aliphatic heterocycles. The minimum absolute atomic E-state index is 0.0679. The first-order chi connectivity index (χ1) is 11.3. The van der Waals surface area contributed by atoms with E-state index in [2.05, 4.69) is 103 Å². The SMILES string of the molecule is C[C@@]1(c2ccccc2)[C@H](Cc2ccccc2)N1c1ccccc1. The van der Waals surface area contributed by atoms with Crippen LogP contribution in [0.2, 0.25) is 0 Å². The van der Waals surface area contributed by atoms with E-state index in [0.29, 0.717) is 6.04 Å². The average Bonchev–Trinajstić information content (AvgIpc) is 3.22. The zero-order valence-electron chi connectivity index (χ0n) is 13.4. The maximum atomic E-state index is 2.55. The van der Waals surface area contributed by atoms with Gasteiger partial charge in [-0.15, -0.1) is 0 Å². The van der Waals surface area contributed by atoms with Gasteiger partial charge >= 0.3 is 0 Å². The van der Waals surface area contributed by atoms with Gasteiger partial charge in [-0.1, -0.05) is 78.9 Å². The van der Waals surface area contributed by atoms with Crippen molar-refractivity contribution in [2.75, 3.05) is 4.90 Å². The topological polar surface area (TPSA) is 3.01 Å². The molecule has 0 N–H and O–H groups in total. The van der Waals surface area contributed by atoms with Gasteiger partial charge in [0.1, 0.15) is 0 Å². The number of rotatable bonds is 4. The van der Waals surface area contributed by atoms with Crippen LogP contribution in [0.15, 0.2) is 91.0 Å². The Labute approximate surface area is 138 Å². The van der Waals surface area contributed by atoms with Crippen molar-refractivity contribution >= 4 is 5.69 Å². The molecule has 0 saturated carbocycles. The molecule has 1 heteroatoms. The van der Waals surface area contributed by atoms with Gasteiger partial charge < -0.3 is 4.90 Å². The molecule has 2 atom stereocenters. The molecule has 0 unspecified atom stereocenters. The molecule has 0 spiro atoms. The minimum atomic E-state index is 0.0679. The second kappa shape index (κ2) is 5.58. The molecule has 0 bridgehead atoms. The van der Waals surface area contributed by atoms with Crippen molar-refractivity contribution in [1.82, 2.24) is 0 Å². The summed E-state index contributed by atoms with van der Waals surface area (Å²) in [6.45, 7) is 2.36. The lowest BCUT2D eigenvalue weighted by atomic mass is 9.94. The Morgan fingerprint density at radius 2 is 1.26 bits per heavy atom. The summed E-state index contributed by atoms with van der Waals surface area (Å²) in [5, 5.41) is 0. The van der Waals surface area contributed by atoms with E-state index in [1.807, 2.05) is 0 Å². The van der Waals surface area contributed by atoms with Gasteiger partial charge in [-0.3, -0.25) is 0 Å². The third-order valence-corrected chi connectivity index (χ3v) is 5.06. The fraction of sp³-hybridized carbons (Fsp3) is 0.182. The summed E-state index contributed by atoms with van der Waals surface area (Å²) in [5.41, 5.74) is 4.17. The van der Waals surface area contributed by atoms with Crippen LogP contribution in [0.5, 0.6) is 0 Å². The van der Waals surface area contributed by atoms with E-state index in [1.165, 1.54) is 16.8 Å². The average molecular weight is 299 g/mol. The van der Waals surface area contributed by atoms with Gasteiger partial charge in [-0.05, 0) is 36.6 Å². The van der Waals surface area contributed by atoms with Crippen molar-refractivity contribution in [3.63, 3.8) is 0 Å². The van der Waals surface area contributed by atoms with Crippen LogP contribution in [-0.2, 0) is 12.0 Å². The summed E-state index contributed by atoms with van der Waals surface area (Å²) in [6.07, 6.45) is 1.07. The highest BCUT2D eigenvalue weighted by atomic mass is 15.4. The van der Waals surface area contributed by atoms with E-state index >= 15 is 0 Å². The van der Waals surface area contributed by atoms with Gasteiger partial charge in [0.25, 0.3) is 0 Å². The molecule has 1 nitrogen and oxygen atoms in total. The molecule has 4 rings (SSSR count). The van der Waals surface area contributed by atoms with Crippen LogP contribution in [0.25, 0.3) is 0 Å². The van der Waals surface area contributed by atoms with Gasteiger partial charge in [0.05, 0.1) is 11.6 Å². The molecule has 1 fully saturated rings. The molecular formula is C22H21N. The van der Waals surface area contributed by atoms with E-state index in [4.69, 9.17) is 0 Å². The van der Waals surface area contributed by atoms with Gasteiger partial charge in [0.15, 0.2) is 0 Å². The summed E-state index contributed by atoms with van der Waals surface area (Å²) < 4.78 is 0. The second-order valence-corrected chi connectivity index (χ2v) is 6.42. The number of hydrogen-bond acceptors (Lipinski definition) is 1. The molecular weight excluding hydrogens is 278 g/mol. The van der Waals surface area contributed by atoms with Crippen LogP contribution < -0.4 is 4.90 Å². The van der Waals surface area contributed by atoms with Crippen LogP contribution in [0, 0.1) is 0 Å². The molecule has 0 amide bonds. The smallest absolute Gasteiger partial charge is 0.0836 e. The van der Waals surface area contributed by atoms with Crippen LogP contribution in [-0.4, -0.2) is 6.04 Å². The van der Waals surface area contributed by atoms with Gasteiger partial charge in [0.2, 0.25) is 0 Å². The highest BCUT2D eigenvalue weighted by Crippen LogP contribution is 2.53. The standard InChI is InChI=1S/C22H21N/c1-22(19-13-7-3-8-14-19)21(17-18-11-5-2-6-12-18)23(22)20-15-9-4-10-16-20/h2-16,21H,17H2,1H3/t21-,22+,23?/m0/s1. The van der Waals surface area contributed by atoms with Gasteiger partial charge in [-0.2, -0.15) is 0 Å². The molecule has 1 aliphatic rings. The zero-order chi connectivity index (χ0) is 15.7. The molecule has 1 heterocycles. The predicted octanol–water partition coefficient (Wildman–Crippen LogP) is 5.03. The third-order valence-electron chi connectivity index (χ3n) is 5.06.